The largest absolute Gasteiger partial charge is 0.366 e. The lowest BCUT2D eigenvalue weighted by Gasteiger charge is -2.36. The molecule has 0 fully saturated rings. The van der Waals surface area contributed by atoms with Gasteiger partial charge in [-0.15, -0.1) is 0 Å². The molecule has 2 aliphatic carbocycles. The van der Waals surface area contributed by atoms with Gasteiger partial charge in [-0.3, -0.25) is 9.59 Å². The van der Waals surface area contributed by atoms with Crippen LogP contribution in [0.3, 0.4) is 0 Å². The molecule has 0 spiro atoms. The van der Waals surface area contributed by atoms with E-state index in [1.165, 1.54) is 0 Å². The van der Waals surface area contributed by atoms with E-state index in [9.17, 15) is 9.59 Å². The van der Waals surface area contributed by atoms with Crippen LogP contribution in [0.5, 0.6) is 0 Å². The number of ether oxygens (including phenoxy) is 1. The van der Waals surface area contributed by atoms with Crippen LogP contribution in [0, 0.1) is 5.92 Å². The molecule has 1 aliphatic heterocycles. The molecule has 0 aromatic heterocycles. The monoisotopic (exact) mass is 266 g/mol. The number of fused-ring (bicyclic) bond motifs is 3. The van der Waals surface area contributed by atoms with Gasteiger partial charge in [0, 0.05) is 28.2 Å². The van der Waals surface area contributed by atoms with Crippen molar-refractivity contribution in [3.8, 4) is 0 Å². The summed E-state index contributed by atoms with van der Waals surface area (Å²) in [6.07, 6.45) is 4.43. The summed E-state index contributed by atoms with van der Waals surface area (Å²) >= 11 is 0. The van der Waals surface area contributed by atoms with Crippen LogP contribution in [-0.2, 0) is 4.74 Å². The van der Waals surface area contributed by atoms with Crippen LogP contribution in [0.15, 0.2) is 47.6 Å². The summed E-state index contributed by atoms with van der Waals surface area (Å²) < 4.78 is 5.90. The van der Waals surface area contributed by atoms with Gasteiger partial charge in [0.2, 0.25) is 0 Å². The Kier molecular flexibility index (Phi) is 2.36. The Labute approximate surface area is 116 Å². The minimum absolute atomic E-state index is 0.00375. The van der Waals surface area contributed by atoms with Crippen LogP contribution in [0.1, 0.15) is 34.1 Å². The predicted octanol–water partition coefficient (Wildman–Crippen LogP) is 2.73. The molecule has 0 bridgehead atoms. The first-order valence-electron chi connectivity index (χ1n) is 6.93. The molecule has 0 saturated carbocycles. The summed E-state index contributed by atoms with van der Waals surface area (Å²) in [6, 6.07) is 7.08. The molecule has 1 heterocycles. The average molecular weight is 266 g/mol. The number of hydrogen-bond donors (Lipinski definition) is 0. The predicted molar refractivity (Wildman–Crippen MR) is 73.7 cm³/mol. The molecule has 3 atom stereocenters. The quantitative estimate of drug-likeness (QED) is 0.678. The molecule has 0 amide bonds. The van der Waals surface area contributed by atoms with Gasteiger partial charge in [-0.05, 0) is 13.3 Å². The van der Waals surface area contributed by atoms with Gasteiger partial charge >= 0.3 is 0 Å². The summed E-state index contributed by atoms with van der Waals surface area (Å²) in [5.74, 6) is -0.0388. The summed E-state index contributed by atoms with van der Waals surface area (Å²) in [6.45, 7) is 1.86. The Morgan fingerprint density at radius 2 is 1.70 bits per heavy atom. The van der Waals surface area contributed by atoms with Crippen molar-refractivity contribution in [3.63, 3.8) is 0 Å². The lowest BCUT2D eigenvalue weighted by Crippen LogP contribution is -2.41. The third kappa shape index (κ3) is 1.38. The van der Waals surface area contributed by atoms with Gasteiger partial charge in [0.15, 0.2) is 11.6 Å². The van der Waals surface area contributed by atoms with E-state index in [-0.39, 0.29) is 29.7 Å². The fourth-order valence-corrected chi connectivity index (χ4v) is 3.54. The van der Waals surface area contributed by atoms with Gasteiger partial charge in [0.05, 0.1) is 12.2 Å². The maximum Gasteiger partial charge on any atom is 0.192 e. The summed E-state index contributed by atoms with van der Waals surface area (Å²) in [7, 11) is 0. The third-order valence-electron chi connectivity index (χ3n) is 4.45. The van der Waals surface area contributed by atoms with Crippen LogP contribution in [0.25, 0.3) is 0 Å². The van der Waals surface area contributed by atoms with Crippen LogP contribution in [-0.4, -0.2) is 23.8 Å². The van der Waals surface area contributed by atoms with E-state index in [2.05, 4.69) is 0 Å². The number of rotatable bonds is 0. The van der Waals surface area contributed by atoms with Gasteiger partial charge in [0.1, 0.15) is 0 Å². The van der Waals surface area contributed by atoms with E-state index >= 15 is 0 Å². The molecule has 0 unspecified atom stereocenters. The Balaban J connectivity index is 1.95. The maximum absolute atomic E-state index is 12.8. The number of carbonyl (C=O) groups is 2. The Bertz CT molecular complexity index is 696. The SMILES string of the molecule is C[C@@H]1O[C@@H]2C=CC[C@@H]2C2=C1C(=O)c1ccccc1C2=O. The normalized spacial score (nSPS) is 31.1. The molecule has 0 saturated heterocycles. The molecule has 3 heteroatoms. The van der Waals surface area contributed by atoms with Crippen molar-refractivity contribution in [1.29, 1.82) is 0 Å². The van der Waals surface area contributed by atoms with Crippen LogP contribution >= 0.6 is 0 Å². The van der Waals surface area contributed by atoms with E-state index in [4.69, 9.17) is 4.74 Å². The standard InChI is InChI=1S/C17H14O3/c1-9-14-15(12-7-4-8-13(12)20-9)17(19)11-6-3-2-5-10(11)16(14)18/h2-6,8-9,12-13H,7H2,1H3/t9-,12-,13+/m0/s1. The molecular formula is C17H14O3. The highest BCUT2D eigenvalue weighted by molar-refractivity contribution is 6.27. The zero-order valence-electron chi connectivity index (χ0n) is 11.1. The van der Waals surface area contributed by atoms with Gasteiger partial charge in [-0.25, -0.2) is 0 Å². The Morgan fingerprint density at radius 1 is 1.05 bits per heavy atom. The number of hydrogen-bond acceptors (Lipinski definition) is 3. The lowest BCUT2D eigenvalue weighted by atomic mass is 9.74. The molecule has 1 aromatic rings. The minimum atomic E-state index is -0.321. The van der Waals surface area contributed by atoms with E-state index in [0.29, 0.717) is 22.3 Å². The molecule has 0 radical (unpaired) electrons. The molecule has 20 heavy (non-hydrogen) atoms. The van der Waals surface area contributed by atoms with Crippen molar-refractivity contribution >= 4 is 11.6 Å². The lowest BCUT2D eigenvalue weighted by molar-refractivity contribution is 0.00909. The number of carbonyl (C=O) groups excluding carboxylic acids is 2. The molecule has 4 rings (SSSR count). The number of ketones is 2. The highest BCUT2D eigenvalue weighted by Crippen LogP contribution is 2.42. The van der Waals surface area contributed by atoms with Crippen LogP contribution in [0.4, 0.5) is 0 Å². The maximum atomic E-state index is 12.8. The first kappa shape index (κ1) is 11.8. The summed E-state index contributed by atoms with van der Waals surface area (Å²) in [5.41, 5.74) is 2.30. The zero-order chi connectivity index (χ0) is 13.9. The van der Waals surface area contributed by atoms with Gasteiger partial charge < -0.3 is 4.74 Å². The number of benzene rings is 1. The van der Waals surface area contributed by atoms with Crippen molar-refractivity contribution in [2.45, 2.75) is 25.6 Å². The number of allylic oxidation sites excluding steroid dienone is 1. The summed E-state index contributed by atoms with van der Waals surface area (Å²) in [4.78, 5) is 25.5. The first-order valence-corrected chi connectivity index (χ1v) is 6.93. The van der Waals surface area contributed by atoms with Crippen LogP contribution in [0.2, 0.25) is 0 Å². The fourth-order valence-electron chi connectivity index (χ4n) is 3.54. The topological polar surface area (TPSA) is 43.4 Å². The average Bonchev–Trinajstić information content (AvgIpc) is 2.91. The number of Topliss-reactive ketones (excluding diaryl/α,β-unsaturated/α-hetero) is 2. The van der Waals surface area contributed by atoms with Crippen molar-refractivity contribution in [2.75, 3.05) is 0 Å². The molecule has 1 aromatic carbocycles. The van der Waals surface area contributed by atoms with Crippen LogP contribution < -0.4 is 0 Å². The van der Waals surface area contributed by atoms with E-state index in [0.717, 1.165) is 6.42 Å². The Hall–Kier alpha value is -2.00. The fraction of sp³-hybridized carbons (Fsp3) is 0.294. The van der Waals surface area contributed by atoms with Crippen molar-refractivity contribution in [1.82, 2.24) is 0 Å². The van der Waals surface area contributed by atoms with Crippen molar-refractivity contribution < 1.29 is 14.3 Å². The second kappa shape index (κ2) is 4.00. The third-order valence-corrected chi connectivity index (χ3v) is 4.45. The minimum Gasteiger partial charge on any atom is -0.366 e. The Morgan fingerprint density at radius 3 is 2.40 bits per heavy atom. The highest BCUT2D eigenvalue weighted by Gasteiger charge is 2.45. The molecule has 3 aliphatic rings. The molecular weight excluding hydrogens is 252 g/mol. The van der Waals surface area contributed by atoms with Gasteiger partial charge in [0.25, 0.3) is 0 Å². The van der Waals surface area contributed by atoms with E-state index in [1.54, 1.807) is 18.2 Å². The van der Waals surface area contributed by atoms with Crippen molar-refractivity contribution in [2.24, 2.45) is 5.92 Å². The molecule has 0 N–H and O–H groups in total. The highest BCUT2D eigenvalue weighted by atomic mass is 16.5. The smallest absolute Gasteiger partial charge is 0.192 e. The van der Waals surface area contributed by atoms with Gasteiger partial charge in [-0.2, -0.15) is 0 Å². The van der Waals surface area contributed by atoms with Crippen molar-refractivity contribution in [3.05, 3.63) is 58.7 Å². The second-order valence-corrected chi connectivity index (χ2v) is 5.54. The van der Waals surface area contributed by atoms with Gasteiger partial charge in [-0.1, -0.05) is 36.4 Å². The molecule has 3 nitrogen and oxygen atoms in total. The van der Waals surface area contributed by atoms with E-state index in [1.807, 2.05) is 25.1 Å². The molecule has 100 valence electrons. The van der Waals surface area contributed by atoms with E-state index < -0.39 is 0 Å². The summed E-state index contributed by atoms with van der Waals surface area (Å²) in [5, 5.41) is 0. The first-order chi connectivity index (χ1) is 9.68. The second-order valence-electron chi connectivity index (χ2n) is 5.54. The zero-order valence-corrected chi connectivity index (χ0v) is 11.1.